The summed E-state index contributed by atoms with van der Waals surface area (Å²) in [6, 6.07) is 1.87. The van der Waals surface area contributed by atoms with Crippen molar-refractivity contribution in [2.45, 2.75) is 4.90 Å². The van der Waals surface area contributed by atoms with Crippen molar-refractivity contribution in [2.24, 2.45) is 0 Å². The second kappa shape index (κ2) is 3.60. The fourth-order valence-electron chi connectivity index (χ4n) is 0.583. The Labute approximate surface area is 77.3 Å². The number of hydrogen-bond acceptors (Lipinski definition) is 2. The Morgan fingerprint density at radius 2 is 2.40 bits per heavy atom. The van der Waals surface area contributed by atoms with Crippen LogP contribution < -0.4 is 0 Å². The Bertz CT molecular complexity index is 221. The van der Waals surface area contributed by atoms with Crippen molar-refractivity contribution in [3.8, 4) is 0 Å². The highest BCUT2D eigenvalue weighted by Crippen LogP contribution is 2.30. The molecule has 0 N–H and O–H groups in total. The van der Waals surface area contributed by atoms with E-state index in [4.69, 9.17) is 11.6 Å². The molecule has 0 radical (unpaired) electrons. The zero-order valence-corrected chi connectivity index (χ0v) is 8.42. The maximum Gasteiger partial charge on any atom is 0.143 e. The largest absolute Gasteiger partial charge is 0.243 e. The first-order valence-corrected chi connectivity index (χ1v) is 4.99. The second-order valence-electron chi connectivity index (χ2n) is 1.62. The van der Waals surface area contributed by atoms with Crippen molar-refractivity contribution in [2.75, 3.05) is 6.26 Å². The third-order valence-electron chi connectivity index (χ3n) is 1.02. The Morgan fingerprint density at radius 1 is 1.70 bits per heavy atom. The van der Waals surface area contributed by atoms with Gasteiger partial charge in [-0.2, -0.15) is 0 Å². The van der Waals surface area contributed by atoms with Crippen molar-refractivity contribution < 1.29 is 0 Å². The number of pyridine rings is 1. The lowest BCUT2D eigenvalue weighted by molar-refractivity contribution is 1.22. The first-order chi connectivity index (χ1) is 4.75. The normalized spacial score (nSPS) is 9.90. The molecule has 0 atom stereocenters. The quantitative estimate of drug-likeness (QED) is 0.550. The highest BCUT2D eigenvalue weighted by atomic mass is 79.9. The van der Waals surface area contributed by atoms with E-state index in [2.05, 4.69) is 20.9 Å². The van der Waals surface area contributed by atoms with Gasteiger partial charge >= 0.3 is 0 Å². The molecule has 1 heterocycles. The van der Waals surface area contributed by atoms with Gasteiger partial charge in [0.1, 0.15) is 5.15 Å². The van der Waals surface area contributed by atoms with E-state index < -0.39 is 0 Å². The second-order valence-corrected chi connectivity index (χ2v) is 3.65. The molecule has 0 spiro atoms. The molecule has 0 unspecified atom stereocenters. The summed E-state index contributed by atoms with van der Waals surface area (Å²) in [5.74, 6) is 0. The smallest absolute Gasteiger partial charge is 0.143 e. The van der Waals surface area contributed by atoms with Gasteiger partial charge in [0.15, 0.2) is 0 Å². The van der Waals surface area contributed by atoms with Crippen molar-refractivity contribution in [1.29, 1.82) is 0 Å². The molecule has 0 aliphatic heterocycles. The maximum absolute atomic E-state index is 5.77. The van der Waals surface area contributed by atoms with Crippen LogP contribution in [-0.2, 0) is 0 Å². The van der Waals surface area contributed by atoms with Gasteiger partial charge in [-0.3, -0.25) is 0 Å². The van der Waals surface area contributed by atoms with E-state index in [0.717, 1.165) is 9.37 Å². The molecule has 0 saturated heterocycles. The number of rotatable bonds is 1. The van der Waals surface area contributed by atoms with Crippen LogP contribution in [0.1, 0.15) is 0 Å². The van der Waals surface area contributed by atoms with E-state index in [1.54, 1.807) is 18.0 Å². The Morgan fingerprint density at radius 3 is 2.80 bits per heavy atom. The predicted molar refractivity (Wildman–Crippen MR) is 48.7 cm³/mol. The molecule has 0 aromatic carbocycles. The third-order valence-corrected chi connectivity index (χ3v) is 3.16. The summed E-state index contributed by atoms with van der Waals surface area (Å²) in [5, 5.41) is 0.557. The summed E-state index contributed by atoms with van der Waals surface area (Å²) in [5.41, 5.74) is 0. The third kappa shape index (κ3) is 1.65. The molecule has 54 valence electrons. The van der Waals surface area contributed by atoms with E-state index >= 15 is 0 Å². The number of nitrogens with zero attached hydrogens (tertiary/aromatic N) is 1. The van der Waals surface area contributed by atoms with Crippen molar-refractivity contribution in [1.82, 2.24) is 4.98 Å². The molecule has 10 heavy (non-hydrogen) atoms. The highest BCUT2D eigenvalue weighted by molar-refractivity contribution is 9.10. The van der Waals surface area contributed by atoms with E-state index in [9.17, 15) is 0 Å². The lowest BCUT2D eigenvalue weighted by Crippen LogP contribution is -1.79. The van der Waals surface area contributed by atoms with Crippen LogP contribution in [0.5, 0.6) is 0 Å². The molecule has 0 aliphatic rings. The molecular weight excluding hydrogens is 233 g/mol. The van der Waals surface area contributed by atoms with Crippen LogP contribution in [0.2, 0.25) is 5.15 Å². The first-order valence-electron chi connectivity index (χ1n) is 2.59. The average Bonchev–Trinajstić information content (AvgIpc) is 1.88. The zero-order chi connectivity index (χ0) is 7.56. The van der Waals surface area contributed by atoms with Gasteiger partial charge < -0.3 is 0 Å². The first kappa shape index (κ1) is 8.37. The standard InChI is InChI=1S/C6H5BrClNS/c1-10-5-4(7)2-3-9-6(5)8/h2-3H,1H3. The molecule has 0 amide bonds. The number of halogens is 2. The van der Waals surface area contributed by atoms with Crippen molar-refractivity contribution in [3.05, 3.63) is 21.9 Å². The average molecular weight is 239 g/mol. The molecular formula is C6H5BrClNS. The van der Waals surface area contributed by atoms with Gasteiger partial charge in [0, 0.05) is 10.7 Å². The highest BCUT2D eigenvalue weighted by Gasteiger charge is 2.02. The van der Waals surface area contributed by atoms with Gasteiger partial charge in [0.25, 0.3) is 0 Å². The zero-order valence-electron chi connectivity index (χ0n) is 5.27. The molecule has 1 nitrogen and oxygen atoms in total. The van der Waals surface area contributed by atoms with Gasteiger partial charge in [-0.15, -0.1) is 11.8 Å². The van der Waals surface area contributed by atoms with Crippen LogP contribution in [0.15, 0.2) is 21.6 Å². The minimum absolute atomic E-state index is 0.557. The van der Waals surface area contributed by atoms with Crippen LogP contribution >= 0.6 is 39.3 Å². The van der Waals surface area contributed by atoms with Crippen molar-refractivity contribution >= 4 is 39.3 Å². The van der Waals surface area contributed by atoms with E-state index in [0.29, 0.717) is 5.15 Å². The number of aromatic nitrogens is 1. The summed E-state index contributed by atoms with van der Waals surface area (Å²) in [6.07, 6.45) is 3.64. The van der Waals surface area contributed by atoms with E-state index in [-0.39, 0.29) is 0 Å². The topological polar surface area (TPSA) is 12.9 Å². The van der Waals surface area contributed by atoms with Crippen LogP contribution in [0.3, 0.4) is 0 Å². The van der Waals surface area contributed by atoms with Crippen LogP contribution in [-0.4, -0.2) is 11.2 Å². The van der Waals surface area contributed by atoms with Crippen LogP contribution in [0.25, 0.3) is 0 Å². The molecule has 0 fully saturated rings. The maximum atomic E-state index is 5.77. The Balaban J connectivity index is 3.17. The van der Waals surface area contributed by atoms with E-state index in [1.165, 1.54) is 0 Å². The number of hydrogen-bond donors (Lipinski definition) is 0. The molecule has 4 heteroatoms. The van der Waals surface area contributed by atoms with Gasteiger partial charge in [-0.1, -0.05) is 11.6 Å². The van der Waals surface area contributed by atoms with Crippen LogP contribution in [0, 0.1) is 0 Å². The monoisotopic (exact) mass is 237 g/mol. The summed E-state index contributed by atoms with van der Waals surface area (Å²) < 4.78 is 1.00. The lowest BCUT2D eigenvalue weighted by atomic mass is 10.5. The van der Waals surface area contributed by atoms with Gasteiger partial charge in [-0.25, -0.2) is 4.98 Å². The van der Waals surface area contributed by atoms with Gasteiger partial charge in [0.05, 0.1) is 4.90 Å². The van der Waals surface area contributed by atoms with Crippen LogP contribution in [0.4, 0.5) is 0 Å². The summed E-state index contributed by atoms with van der Waals surface area (Å²) in [4.78, 5) is 4.92. The SMILES string of the molecule is CSc1c(Br)ccnc1Cl. The molecule has 0 aliphatic carbocycles. The molecule has 1 rings (SSSR count). The minimum Gasteiger partial charge on any atom is -0.243 e. The van der Waals surface area contributed by atoms with E-state index in [1.807, 2.05) is 12.3 Å². The van der Waals surface area contributed by atoms with Crippen molar-refractivity contribution in [3.63, 3.8) is 0 Å². The van der Waals surface area contributed by atoms with Gasteiger partial charge in [0.2, 0.25) is 0 Å². The Hall–Kier alpha value is 0.270. The molecule has 1 aromatic rings. The predicted octanol–water partition coefficient (Wildman–Crippen LogP) is 3.22. The summed E-state index contributed by atoms with van der Waals surface area (Å²) in [7, 11) is 0. The minimum atomic E-state index is 0.557. The summed E-state index contributed by atoms with van der Waals surface area (Å²) in [6.45, 7) is 0. The van der Waals surface area contributed by atoms with Gasteiger partial charge in [-0.05, 0) is 28.3 Å². The molecule has 0 saturated carbocycles. The molecule has 0 bridgehead atoms. The fourth-order valence-corrected chi connectivity index (χ4v) is 2.36. The Kier molecular flexibility index (Phi) is 3.01. The molecule has 1 aromatic heterocycles. The lowest BCUT2D eigenvalue weighted by Gasteiger charge is -1.99. The fraction of sp³-hybridized carbons (Fsp3) is 0.167. The number of thioether (sulfide) groups is 1. The summed E-state index contributed by atoms with van der Waals surface area (Å²) >= 11 is 10.7.